The normalized spacial score (nSPS) is 10.8. The zero-order valence-corrected chi connectivity index (χ0v) is 14.0. The van der Waals surface area contributed by atoms with E-state index in [1.165, 1.54) is 13.2 Å². The SMILES string of the molecule is COC(=O)/C=C/c1[nH]c(-c2ccccc2)nc1-c1ccc(OC)cc1. The molecule has 0 amide bonds. The number of hydrogen-bond acceptors (Lipinski definition) is 4. The van der Waals surface area contributed by atoms with Gasteiger partial charge in [0.05, 0.1) is 25.6 Å². The molecular weight excluding hydrogens is 316 g/mol. The van der Waals surface area contributed by atoms with Crippen LogP contribution in [0.25, 0.3) is 28.7 Å². The number of H-pyrrole nitrogens is 1. The van der Waals surface area contributed by atoms with E-state index in [1.54, 1.807) is 13.2 Å². The molecule has 0 spiro atoms. The lowest BCUT2D eigenvalue weighted by molar-refractivity contribution is -0.134. The van der Waals surface area contributed by atoms with Crippen LogP contribution in [0, 0.1) is 0 Å². The second-order valence-electron chi connectivity index (χ2n) is 5.30. The number of carbonyl (C=O) groups is 1. The average molecular weight is 334 g/mol. The van der Waals surface area contributed by atoms with E-state index in [4.69, 9.17) is 9.72 Å². The minimum atomic E-state index is -0.420. The van der Waals surface area contributed by atoms with Crippen molar-refractivity contribution in [1.82, 2.24) is 9.97 Å². The molecule has 0 unspecified atom stereocenters. The largest absolute Gasteiger partial charge is 0.497 e. The molecule has 25 heavy (non-hydrogen) atoms. The Bertz CT molecular complexity index is 881. The van der Waals surface area contributed by atoms with Crippen LogP contribution in [0.4, 0.5) is 0 Å². The van der Waals surface area contributed by atoms with Crippen molar-refractivity contribution in [2.24, 2.45) is 0 Å². The van der Waals surface area contributed by atoms with Crippen molar-refractivity contribution < 1.29 is 14.3 Å². The van der Waals surface area contributed by atoms with Gasteiger partial charge in [0.15, 0.2) is 0 Å². The smallest absolute Gasteiger partial charge is 0.330 e. The van der Waals surface area contributed by atoms with Gasteiger partial charge in [-0.1, -0.05) is 30.3 Å². The molecule has 0 saturated heterocycles. The predicted octanol–water partition coefficient (Wildman–Crippen LogP) is 3.94. The molecule has 0 radical (unpaired) electrons. The number of aromatic amines is 1. The summed E-state index contributed by atoms with van der Waals surface area (Å²) < 4.78 is 9.86. The zero-order valence-electron chi connectivity index (χ0n) is 14.0. The minimum absolute atomic E-state index is 0.420. The van der Waals surface area contributed by atoms with E-state index >= 15 is 0 Å². The number of imidazole rings is 1. The molecule has 126 valence electrons. The third-order valence-electron chi connectivity index (χ3n) is 3.73. The van der Waals surface area contributed by atoms with Crippen molar-refractivity contribution in [2.45, 2.75) is 0 Å². The summed E-state index contributed by atoms with van der Waals surface area (Å²) in [4.78, 5) is 19.4. The number of esters is 1. The van der Waals surface area contributed by atoms with Crippen LogP contribution in [0.2, 0.25) is 0 Å². The maximum atomic E-state index is 11.4. The van der Waals surface area contributed by atoms with Crippen molar-refractivity contribution in [3.05, 3.63) is 66.4 Å². The Morgan fingerprint density at radius 1 is 1.00 bits per heavy atom. The highest BCUT2D eigenvalue weighted by molar-refractivity contribution is 5.88. The van der Waals surface area contributed by atoms with E-state index in [1.807, 2.05) is 54.6 Å². The third kappa shape index (κ3) is 3.77. The second kappa shape index (κ2) is 7.49. The Kier molecular flexibility index (Phi) is 4.95. The Morgan fingerprint density at radius 3 is 2.36 bits per heavy atom. The number of nitrogens with one attached hydrogen (secondary N) is 1. The molecule has 0 aliphatic heterocycles. The van der Waals surface area contributed by atoms with Gasteiger partial charge in [-0.15, -0.1) is 0 Å². The summed E-state index contributed by atoms with van der Waals surface area (Å²) >= 11 is 0. The van der Waals surface area contributed by atoms with Crippen molar-refractivity contribution in [1.29, 1.82) is 0 Å². The van der Waals surface area contributed by atoms with Crippen LogP contribution in [0.5, 0.6) is 5.75 Å². The number of aromatic nitrogens is 2. The molecule has 0 saturated carbocycles. The quantitative estimate of drug-likeness (QED) is 0.567. The van der Waals surface area contributed by atoms with Crippen LogP contribution in [-0.2, 0) is 9.53 Å². The van der Waals surface area contributed by atoms with E-state index in [9.17, 15) is 4.79 Å². The molecule has 1 heterocycles. The van der Waals surface area contributed by atoms with Gasteiger partial charge in [0, 0.05) is 17.2 Å². The molecule has 1 aromatic heterocycles. The summed E-state index contributed by atoms with van der Waals surface area (Å²) in [6.45, 7) is 0. The fourth-order valence-electron chi connectivity index (χ4n) is 2.43. The lowest BCUT2D eigenvalue weighted by Crippen LogP contribution is -1.93. The Morgan fingerprint density at radius 2 is 1.72 bits per heavy atom. The van der Waals surface area contributed by atoms with E-state index in [2.05, 4.69) is 9.72 Å². The van der Waals surface area contributed by atoms with Gasteiger partial charge in [0.2, 0.25) is 0 Å². The molecule has 0 atom stereocenters. The maximum absolute atomic E-state index is 11.4. The van der Waals surface area contributed by atoms with Gasteiger partial charge in [0.1, 0.15) is 11.6 Å². The fraction of sp³-hybridized carbons (Fsp3) is 0.100. The summed E-state index contributed by atoms with van der Waals surface area (Å²) in [5.74, 6) is 1.08. The standard InChI is InChI=1S/C20H18N2O3/c1-24-16-10-8-14(9-11-16)19-17(12-13-18(23)25-2)21-20(22-19)15-6-4-3-5-7-15/h3-13H,1-2H3,(H,21,22)/b13-12+. The molecule has 0 fully saturated rings. The number of methoxy groups -OCH3 is 2. The predicted molar refractivity (Wildman–Crippen MR) is 97.1 cm³/mol. The van der Waals surface area contributed by atoms with Crippen molar-refractivity contribution in [2.75, 3.05) is 14.2 Å². The van der Waals surface area contributed by atoms with Crippen molar-refractivity contribution in [3.8, 4) is 28.4 Å². The van der Waals surface area contributed by atoms with Gasteiger partial charge in [-0.05, 0) is 30.3 Å². The first-order chi connectivity index (χ1) is 12.2. The first kappa shape index (κ1) is 16.5. The highest BCUT2D eigenvalue weighted by Gasteiger charge is 2.12. The lowest BCUT2D eigenvalue weighted by Gasteiger charge is -2.02. The van der Waals surface area contributed by atoms with E-state index in [-0.39, 0.29) is 0 Å². The maximum Gasteiger partial charge on any atom is 0.330 e. The first-order valence-electron chi connectivity index (χ1n) is 7.77. The Hall–Kier alpha value is -3.34. The molecule has 0 aliphatic rings. The molecular formula is C20H18N2O3. The lowest BCUT2D eigenvalue weighted by atomic mass is 10.1. The van der Waals surface area contributed by atoms with Crippen molar-refractivity contribution >= 4 is 12.0 Å². The van der Waals surface area contributed by atoms with Crippen LogP contribution in [0.15, 0.2) is 60.7 Å². The van der Waals surface area contributed by atoms with E-state index < -0.39 is 5.97 Å². The molecule has 5 heteroatoms. The van der Waals surface area contributed by atoms with Gasteiger partial charge in [0.25, 0.3) is 0 Å². The minimum Gasteiger partial charge on any atom is -0.497 e. The monoisotopic (exact) mass is 334 g/mol. The van der Waals surface area contributed by atoms with Gasteiger partial charge in [-0.3, -0.25) is 0 Å². The number of benzene rings is 2. The van der Waals surface area contributed by atoms with Gasteiger partial charge in [-0.25, -0.2) is 9.78 Å². The fourth-order valence-corrected chi connectivity index (χ4v) is 2.43. The van der Waals surface area contributed by atoms with Crippen LogP contribution < -0.4 is 4.74 Å². The summed E-state index contributed by atoms with van der Waals surface area (Å²) in [6.07, 6.45) is 3.04. The summed E-state index contributed by atoms with van der Waals surface area (Å²) in [6, 6.07) is 17.4. The van der Waals surface area contributed by atoms with Crippen LogP contribution >= 0.6 is 0 Å². The number of hydrogen-bond donors (Lipinski definition) is 1. The molecule has 3 aromatic rings. The summed E-state index contributed by atoms with van der Waals surface area (Å²) in [5.41, 5.74) is 3.37. The average Bonchev–Trinajstić information content (AvgIpc) is 3.11. The van der Waals surface area contributed by atoms with E-state index in [0.717, 1.165) is 34.1 Å². The van der Waals surface area contributed by atoms with Crippen LogP contribution in [0.3, 0.4) is 0 Å². The summed E-state index contributed by atoms with van der Waals surface area (Å²) in [5, 5.41) is 0. The Balaban J connectivity index is 2.05. The molecule has 5 nitrogen and oxygen atoms in total. The Labute approximate surface area is 145 Å². The highest BCUT2D eigenvalue weighted by atomic mass is 16.5. The number of nitrogens with zero attached hydrogens (tertiary/aromatic N) is 1. The van der Waals surface area contributed by atoms with Crippen LogP contribution in [0.1, 0.15) is 5.69 Å². The topological polar surface area (TPSA) is 64.2 Å². The number of ether oxygens (including phenoxy) is 2. The van der Waals surface area contributed by atoms with Gasteiger partial charge in [-0.2, -0.15) is 0 Å². The first-order valence-corrected chi connectivity index (χ1v) is 7.77. The molecule has 0 aliphatic carbocycles. The molecule has 0 bridgehead atoms. The van der Waals surface area contributed by atoms with Crippen molar-refractivity contribution in [3.63, 3.8) is 0 Å². The van der Waals surface area contributed by atoms with Gasteiger partial charge < -0.3 is 14.5 Å². The summed E-state index contributed by atoms with van der Waals surface area (Å²) in [7, 11) is 2.97. The highest BCUT2D eigenvalue weighted by Crippen LogP contribution is 2.28. The molecule has 2 aromatic carbocycles. The van der Waals surface area contributed by atoms with E-state index in [0.29, 0.717) is 0 Å². The van der Waals surface area contributed by atoms with Crippen LogP contribution in [-0.4, -0.2) is 30.2 Å². The third-order valence-corrected chi connectivity index (χ3v) is 3.73. The molecule has 3 rings (SSSR count). The molecule has 1 N–H and O–H groups in total. The van der Waals surface area contributed by atoms with Gasteiger partial charge >= 0.3 is 5.97 Å². The zero-order chi connectivity index (χ0) is 17.6. The number of carbonyl (C=O) groups excluding carboxylic acids is 1. The second-order valence-corrected chi connectivity index (χ2v) is 5.30. The number of rotatable bonds is 5.